The Kier molecular flexibility index (Phi) is 9.51. The van der Waals surface area contributed by atoms with Gasteiger partial charge in [0.1, 0.15) is 30.5 Å². The van der Waals surface area contributed by atoms with E-state index in [1.54, 1.807) is 0 Å². The highest BCUT2D eigenvalue weighted by Crippen LogP contribution is 2.49. The fourth-order valence-corrected chi connectivity index (χ4v) is 5.33. The molecule has 2 aliphatic heterocycles. The van der Waals surface area contributed by atoms with Gasteiger partial charge in [-0.1, -0.05) is 6.07 Å². The molecule has 1 aromatic rings. The second-order valence-electron chi connectivity index (χ2n) is 9.83. The number of aromatic hydroxyl groups is 2. The van der Waals surface area contributed by atoms with Gasteiger partial charge in [-0.25, -0.2) is 9.59 Å². The van der Waals surface area contributed by atoms with Crippen molar-refractivity contribution in [1.29, 1.82) is 0 Å². The molecule has 0 spiro atoms. The van der Waals surface area contributed by atoms with Crippen molar-refractivity contribution in [3.05, 3.63) is 41.7 Å². The van der Waals surface area contributed by atoms with E-state index in [1.807, 2.05) is 0 Å². The summed E-state index contributed by atoms with van der Waals surface area (Å²) in [6.07, 6.45) is -9.32. The number of phenolic OH excluding ortho intramolecular Hbond substituents is 2. The average molecular weight is 585 g/mol. The number of rotatable bonds is 8. The zero-order valence-corrected chi connectivity index (χ0v) is 21.7. The molecule has 1 saturated carbocycles. The van der Waals surface area contributed by atoms with Gasteiger partial charge in [-0.15, -0.1) is 0 Å². The Morgan fingerprint density at radius 1 is 0.951 bits per heavy atom. The molecule has 8 N–H and O–H groups in total. The quantitative estimate of drug-likeness (QED) is 0.0892. The summed E-state index contributed by atoms with van der Waals surface area (Å²) < 4.78 is 27.0. The number of carbonyl (C=O) groups excluding carboxylic acids is 2. The number of benzene rings is 1. The Bertz CT molecular complexity index is 1170. The Morgan fingerprint density at radius 3 is 2.32 bits per heavy atom. The van der Waals surface area contributed by atoms with Crippen LogP contribution in [0.2, 0.25) is 0 Å². The molecule has 226 valence electrons. The molecule has 0 bridgehead atoms. The first-order valence-electron chi connectivity index (χ1n) is 12.6. The number of carbonyl (C=O) groups is 2. The second-order valence-corrected chi connectivity index (χ2v) is 9.83. The Labute approximate surface area is 233 Å². The van der Waals surface area contributed by atoms with Gasteiger partial charge in [0.15, 0.2) is 17.8 Å². The summed E-state index contributed by atoms with van der Waals surface area (Å²) in [5.41, 5.74) is 0.191. The van der Waals surface area contributed by atoms with Crippen LogP contribution in [0, 0.1) is 17.8 Å². The molecule has 1 aromatic carbocycles. The molecule has 15 nitrogen and oxygen atoms in total. The summed E-state index contributed by atoms with van der Waals surface area (Å²) in [6.45, 7) is -1.40. The first-order valence-corrected chi connectivity index (χ1v) is 12.6. The predicted molar refractivity (Wildman–Crippen MR) is 132 cm³/mol. The Hall–Kier alpha value is -3.28. The van der Waals surface area contributed by atoms with Gasteiger partial charge < -0.3 is 64.5 Å². The van der Waals surface area contributed by atoms with Crippen LogP contribution in [0.5, 0.6) is 11.5 Å². The average Bonchev–Trinajstić information content (AvgIpc) is 3.24. The van der Waals surface area contributed by atoms with Gasteiger partial charge in [-0.05, 0) is 23.8 Å². The van der Waals surface area contributed by atoms with E-state index in [4.69, 9.17) is 23.7 Å². The van der Waals surface area contributed by atoms with E-state index in [0.29, 0.717) is 5.56 Å². The topological polar surface area (TPSA) is 242 Å². The fraction of sp³-hybridized carbons (Fsp3) is 0.538. The van der Waals surface area contributed by atoms with Crippen molar-refractivity contribution < 1.29 is 74.1 Å². The molecule has 0 radical (unpaired) electrons. The van der Waals surface area contributed by atoms with E-state index in [-0.39, 0.29) is 11.3 Å². The highest BCUT2D eigenvalue weighted by Gasteiger charge is 2.60. The number of fused-ring (bicyclic) bond motifs is 1. The summed E-state index contributed by atoms with van der Waals surface area (Å²) in [7, 11) is 1.10. The third kappa shape index (κ3) is 6.02. The maximum Gasteiger partial charge on any atom is 0.337 e. The third-order valence-electron chi connectivity index (χ3n) is 7.45. The normalized spacial score (nSPS) is 36.8. The maximum atomic E-state index is 12.7. The number of hydrogen-bond acceptors (Lipinski definition) is 15. The zero-order valence-electron chi connectivity index (χ0n) is 21.7. The minimum absolute atomic E-state index is 0.147. The minimum atomic E-state index is -1.79. The highest BCUT2D eigenvalue weighted by atomic mass is 16.8. The van der Waals surface area contributed by atoms with Gasteiger partial charge in [0.25, 0.3) is 0 Å². The molecule has 2 heterocycles. The standard InChI is InChI=1S/C26H32O15/c1-37-24(36)12-9-38-25(41-26-22(35)21(34)20(33)15(8-28)39-26)18-11(7-27)19(32)23(17(12)18)40-16(31)5-3-10-2-4-13(29)14(30)6-10/h2-6,9,11,15,17-23,25-30,32-35H,7-8H2,1H3/b5-3+/t11?,15-,17-,18?,19?,20-,21+,22-,23?,25+,26+/m1/s1. The van der Waals surface area contributed by atoms with E-state index in [1.165, 1.54) is 24.3 Å². The second kappa shape index (κ2) is 12.7. The molecule has 0 aromatic heterocycles. The number of phenols is 2. The highest BCUT2D eigenvalue weighted by molar-refractivity contribution is 5.90. The molecule has 3 aliphatic rings. The van der Waals surface area contributed by atoms with Crippen LogP contribution in [-0.4, -0.2) is 122 Å². The van der Waals surface area contributed by atoms with Crippen molar-refractivity contribution in [3.8, 4) is 11.5 Å². The van der Waals surface area contributed by atoms with Crippen LogP contribution in [0.4, 0.5) is 0 Å². The molecule has 1 saturated heterocycles. The number of hydrogen-bond donors (Lipinski definition) is 8. The molecule has 4 unspecified atom stereocenters. The van der Waals surface area contributed by atoms with Crippen LogP contribution < -0.4 is 0 Å². The van der Waals surface area contributed by atoms with Gasteiger partial charge in [-0.2, -0.15) is 0 Å². The molecule has 41 heavy (non-hydrogen) atoms. The van der Waals surface area contributed by atoms with E-state index in [2.05, 4.69) is 0 Å². The monoisotopic (exact) mass is 584 g/mol. The minimum Gasteiger partial charge on any atom is -0.504 e. The van der Waals surface area contributed by atoms with Crippen molar-refractivity contribution in [2.75, 3.05) is 20.3 Å². The number of esters is 2. The van der Waals surface area contributed by atoms with Crippen molar-refractivity contribution in [2.45, 2.75) is 49.2 Å². The first kappa shape index (κ1) is 30.7. The lowest BCUT2D eigenvalue weighted by Gasteiger charge is -2.43. The molecule has 11 atom stereocenters. The lowest BCUT2D eigenvalue weighted by Crippen LogP contribution is -2.60. The van der Waals surface area contributed by atoms with E-state index < -0.39 is 97.9 Å². The lowest BCUT2D eigenvalue weighted by molar-refractivity contribution is -0.343. The zero-order chi connectivity index (χ0) is 30.0. The molecular weight excluding hydrogens is 552 g/mol. The van der Waals surface area contributed by atoms with Gasteiger partial charge >= 0.3 is 11.9 Å². The Balaban J connectivity index is 1.60. The molecule has 1 aliphatic carbocycles. The van der Waals surface area contributed by atoms with Crippen molar-refractivity contribution in [3.63, 3.8) is 0 Å². The molecule has 0 amide bonds. The molecule has 15 heteroatoms. The van der Waals surface area contributed by atoms with Crippen molar-refractivity contribution in [2.24, 2.45) is 17.8 Å². The Morgan fingerprint density at radius 2 is 1.68 bits per heavy atom. The summed E-state index contributed by atoms with van der Waals surface area (Å²) in [5, 5.41) is 80.4. The number of aliphatic hydroxyl groups excluding tert-OH is 6. The summed E-state index contributed by atoms with van der Waals surface area (Å²) >= 11 is 0. The lowest BCUT2D eigenvalue weighted by atomic mass is 9.82. The van der Waals surface area contributed by atoms with Gasteiger partial charge in [0.2, 0.25) is 6.29 Å². The SMILES string of the molecule is COC(=O)C1=CO[C@@H](O[C@@H]2O[C@H](CO)[C@@H](O)[C@H](O)[C@H]2O)C2C(CO)C(O)C(OC(=O)/C=C/c3ccc(O)c(O)c3)[C@H]12. The number of aliphatic hydroxyl groups is 6. The summed E-state index contributed by atoms with van der Waals surface area (Å²) in [6, 6.07) is 3.82. The van der Waals surface area contributed by atoms with Crippen LogP contribution in [0.1, 0.15) is 5.56 Å². The summed E-state index contributed by atoms with van der Waals surface area (Å²) in [5.74, 6) is -5.94. The van der Waals surface area contributed by atoms with Gasteiger partial charge in [0, 0.05) is 30.4 Å². The van der Waals surface area contributed by atoms with Crippen molar-refractivity contribution in [1.82, 2.24) is 0 Å². The van der Waals surface area contributed by atoms with E-state index in [9.17, 15) is 50.4 Å². The van der Waals surface area contributed by atoms with Crippen LogP contribution in [0.3, 0.4) is 0 Å². The van der Waals surface area contributed by atoms with Gasteiger partial charge in [0.05, 0.1) is 31.7 Å². The van der Waals surface area contributed by atoms with Crippen LogP contribution >= 0.6 is 0 Å². The summed E-state index contributed by atoms with van der Waals surface area (Å²) in [4.78, 5) is 25.4. The molecule has 4 rings (SSSR count). The van der Waals surface area contributed by atoms with E-state index in [0.717, 1.165) is 19.4 Å². The van der Waals surface area contributed by atoms with Crippen LogP contribution in [-0.2, 0) is 33.3 Å². The maximum absolute atomic E-state index is 12.7. The molecule has 2 fully saturated rings. The van der Waals surface area contributed by atoms with E-state index >= 15 is 0 Å². The van der Waals surface area contributed by atoms with Crippen molar-refractivity contribution >= 4 is 18.0 Å². The van der Waals surface area contributed by atoms with Crippen LogP contribution in [0.25, 0.3) is 6.08 Å². The van der Waals surface area contributed by atoms with Crippen LogP contribution in [0.15, 0.2) is 36.1 Å². The number of methoxy groups -OCH3 is 1. The number of ether oxygens (including phenoxy) is 5. The largest absolute Gasteiger partial charge is 0.504 e. The smallest absolute Gasteiger partial charge is 0.337 e. The first-order chi connectivity index (χ1) is 19.5. The predicted octanol–water partition coefficient (Wildman–Crippen LogP) is -2.53. The fourth-order valence-electron chi connectivity index (χ4n) is 5.33. The van der Waals surface area contributed by atoms with Gasteiger partial charge in [-0.3, -0.25) is 0 Å². The molecular formula is C26H32O15. The third-order valence-corrected chi connectivity index (χ3v) is 7.45.